The highest BCUT2D eigenvalue weighted by Crippen LogP contribution is 2.50. The lowest BCUT2D eigenvalue weighted by Crippen LogP contribution is -2.63. The van der Waals surface area contributed by atoms with Crippen molar-refractivity contribution in [3.05, 3.63) is 81.4 Å². The van der Waals surface area contributed by atoms with Crippen molar-refractivity contribution in [1.29, 1.82) is 0 Å². The molecule has 2 aliphatic rings. The van der Waals surface area contributed by atoms with E-state index in [2.05, 4.69) is 26.7 Å². The molecule has 0 aliphatic carbocycles. The maximum atomic E-state index is 17.9. The highest BCUT2D eigenvalue weighted by Gasteiger charge is 2.45. The summed E-state index contributed by atoms with van der Waals surface area (Å²) in [5.74, 6) is -1.46. The summed E-state index contributed by atoms with van der Waals surface area (Å²) in [7, 11) is 1.57. The maximum absolute atomic E-state index is 17.9. The molecule has 0 radical (unpaired) electrons. The monoisotopic (exact) mass is 668 g/mol. The zero-order valence-electron chi connectivity index (χ0n) is 27.4. The van der Waals surface area contributed by atoms with Crippen LogP contribution in [-0.4, -0.2) is 73.7 Å². The number of nitrogens with one attached hydrogen (secondary N) is 1. The van der Waals surface area contributed by atoms with Gasteiger partial charge in [0.2, 0.25) is 5.91 Å². The van der Waals surface area contributed by atoms with E-state index in [-0.39, 0.29) is 69.9 Å². The number of aromatic amines is 1. The summed E-state index contributed by atoms with van der Waals surface area (Å²) in [6.07, 6.45) is 4.47. The fraction of sp³-hybridized carbons (Fsp3) is 0.314. The molecule has 0 bridgehead atoms. The molecule has 246 valence electrons. The Morgan fingerprint density at radius 3 is 2.58 bits per heavy atom. The van der Waals surface area contributed by atoms with Crippen LogP contribution in [0.25, 0.3) is 38.6 Å². The molecule has 11 nitrogen and oxygen atoms in total. The van der Waals surface area contributed by atoms with E-state index in [4.69, 9.17) is 11.6 Å². The second-order valence-corrected chi connectivity index (χ2v) is 13.2. The number of piperazine rings is 1. The van der Waals surface area contributed by atoms with Crippen LogP contribution < -0.4 is 15.5 Å². The van der Waals surface area contributed by atoms with Gasteiger partial charge in [-0.3, -0.25) is 24.2 Å². The fourth-order valence-electron chi connectivity index (χ4n) is 7.25. The second kappa shape index (κ2) is 11.3. The maximum Gasteiger partial charge on any atom is 0.354 e. The largest absolute Gasteiger partial charge is 0.354 e. The highest BCUT2D eigenvalue weighted by atomic mass is 35.5. The topological polar surface area (TPSA) is 120 Å². The van der Waals surface area contributed by atoms with Gasteiger partial charge in [-0.2, -0.15) is 10.1 Å². The number of halogens is 2. The number of rotatable bonds is 4. The predicted molar refractivity (Wildman–Crippen MR) is 185 cm³/mol. The van der Waals surface area contributed by atoms with Gasteiger partial charge in [-0.15, -0.1) is 0 Å². The molecule has 0 saturated carbocycles. The van der Waals surface area contributed by atoms with Gasteiger partial charge in [0.15, 0.2) is 5.82 Å². The molecule has 2 unspecified atom stereocenters. The van der Waals surface area contributed by atoms with E-state index in [0.717, 1.165) is 0 Å². The first kappa shape index (κ1) is 31.5. The molecule has 1 fully saturated rings. The van der Waals surface area contributed by atoms with Crippen molar-refractivity contribution >= 4 is 56.7 Å². The van der Waals surface area contributed by atoms with Crippen LogP contribution in [0.5, 0.6) is 0 Å². The number of hydrogen-bond acceptors (Lipinski definition) is 7. The number of carbonyl (C=O) groups is 2. The Morgan fingerprint density at radius 2 is 1.88 bits per heavy atom. The van der Waals surface area contributed by atoms with E-state index in [1.807, 2.05) is 46.8 Å². The predicted octanol–water partition coefficient (Wildman–Crippen LogP) is 5.42. The smallest absolute Gasteiger partial charge is 0.340 e. The lowest BCUT2D eigenvalue weighted by Gasteiger charge is -2.44. The summed E-state index contributed by atoms with van der Waals surface area (Å²) in [4.78, 5) is 55.6. The summed E-state index contributed by atoms with van der Waals surface area (Å²) in [6, 6.07) is 4.14. The number of fused-ring (bicyclic) bond motifs is 3. The third-order valence-corrected chi connectivity index (χ3v) is 9.96. The number of carbonyl (C=O) groups excluding carboxylic acids is 2. The van der Waals surface area contributed by atoms with Crippen molar-refractivity contribution in [3.63, 3.8) is 0 Å². The van der Waals surface area contributed by atoms with E-state index < -0.39 is 17.5 Å². The van der Waals surface area contributed by atoms with Crippen molar-refractivity contribution < 1.29 is 14.0 Å². The molecule has 2 atom stereocenters. The number of aryl methyl sites for hydroxylation is 2. The zero-order chi connectivity index (χ0) is 34.3. The van der Waals surface area contributed by atoms with Gasteiger partial charge in [0.25, 0.3) is 5.91 Å². The van der Waals surface area contributed by atoms with Crippen molar-refractivity contribution in [2.75, 3.05) is 29.9 Å². The van der Waals surface area contributed by atoms with Crippen molar-refractivity contribution in [3.8, 4) is 16.8 Å². The Hall–Kier alpha value is -5.10. The molecule has 0 spiro atoms. The second-order valence-electron chi connectivity index (χ2n) is 12.8. The van der Waals surface area contributed by atoms with E-state index in [9.17, 15) is 14.4 Å². The van der Waals surface area contributed by atoms with Gasteiger partial charge >= 0.3 is 5.69 Å². The van der Waals surface area contributed by atoms with E-state index in [1.165, 1.54) is 15.5 Å². The van der Waals surface area contributed by atoms with E-state index >= 15 is 4.39 Å². The van der Waals surface area contributed by atoms with Gasteiger partial charge in [0.1, 0.15) is 17.4 Å². The molecule has 2 aromatic carbocycles. The number of pyridine rings is 1. The molecule has 1 saturated heterocycles. The minimum Gasteiger partial charge on any atom is -0.340 e. The van der Waals surface area contributed by atoms with Gasteiger partial charge in [0.05, 0.1) is 45.7 Å². The molecule has 3 aromatic heterocycles. The summed E-state index contributed by atoms with van der Waals surface area (Å²) < 4.78 is 19.2. The third kappa shape index (κ3) is 4.38. The molecule has 1 N–H and O–H groups in total. The summed E-state index contributed by atoms with van der Waals surface area (Å²) >= 11 is 7.30. The average molecular weight is 669 g/mol. The third-order valence-electron chi connectivity index (χ3n) is 9.60. The summed E-state index contributed by atoms with van der Waals surface area (Å²) in [5, 5.41) is 7.95. The number of anilines is 2. The number of nitrogens with zero attached hydrogens (tertiary/aromatic N) is 7. The molecule has 2 aliphatic heterocycles. The van der Waals surface area contributed by atoms with Crippen molar-refractivity contribution in [1.82, 2.24) is 29.6 Å². The number of amides is 2. The number of benzene rings is 2. The van der Waals surface area contributed by atoms with Gasteiger partial charge < -0.3 is 14.7 Å². The molecular formula is C35H34ClFN8O3. The molecule has 13 heteroatoms. The first-order chi connectivity index (χ1) is 22.9. The van der Waals surface area contributed by atoms with E-state index in [1.54, 1.807) is 35.3 Å². The molecular weight excluding hydrogens is 635 g/mol. The van der Waals surface area contributed by atoms with Crippen molar-refractivity contribution in [2.45, 2.75) is 52.6 Å². The van der Waals surface area contributed by atoms with Gasteiger partial charge in [-0.05, 0) is 56.0 Å². The summed E-state index contributed by atoms with van der Waals surface area (Å²) in [5.41, 5.74) is 2.97. The average Bonchev–Trinajstić information content (AvgIpc) is 3.51. The number of H-pyrrole nitrogens is 1. The fourth-order valence-corrected chi connectivity index (χ4v) is 7.65. The number of aromatic nitrogens is 5. The molecule has 48 heavy (non-hydrogen) atoms. The molecule has 2 amide bonds. The SMILES string of the molecule is C=CC(=O)N1CC2C(=O)N(C)c3c(Cl)c(-c4c(C)ccc5[nH]ncc45)c(F)c4c3c(nc(=O)n4-c3c(C)ccnc3C(C)C)N2CC1C. The minimum absolute atomic E-state index is 0.00897. The normalized spacial score (nSPS) is 17.8. The Labute approximate surface area is 280 Å². The highest BCUT2D eigenvalue weighted by molar-refractivity contribution is 6.40. The van der Waals surface area contributed by atoms with Gasteiger partial charge in [0, 0.05) is 42.3 Å². The number of hydrogen-bond donors (Lipinski definition) is 1. The Kier molecular flexibility index (Phi) is 7.39. The summed E-state index contributed by atoms with van der Waals surface area (Å²) in [6.45, 7) is 13.2. The van der Waals surface area contributed by atoms with Crippen molar-refractivity contribution in [2.24, 2.45) is 0 Å². The van der Waals surface area contributed by atoms with Crippen LogP contribution in [0.2, 0.25) is 5.02 Å². The van der Waals surface area contributed by atoms with Crippen LogP contribution in [0.15, 0.2) is 48.0 Å². The standard InChI is InChI=1S/C35H34ClFN8O3/c1-8-23(46)43-15-22-34(47)42(7)31-26-32(28(37)25(27(31)36)24-17(4)9-10-21-20(24)13-39-41-21)45(30-18(5)11-12-38-29(30)16(2)3)35(48)40-33(26)44(22)14-19(43)6/h8-13,16,19,22H,1,14-15H2,2-7H3,(H,39,41). The van der Waals surface area contributed by atoms with Gasteiger partial charge in [-0.25, -0.2) is 9.18 Å². The van der Waals surface area contributed by atoms with Crippen LogP contribution >= 0.6 is 11.6 Å². The van der Waals surface area contributed by atoms with Crippen LogP contribution in [0.3, 0.4) is 0 Å². The van der Waals surface area contributed by atoms with Crippen LogP contribution in [0, 0.1) is 19.7 Å². The number of likely N-dealkylation sites (N-methyl/N-ethyl adjacent to an activating group) is 1. The Bertz CT molecular complexity index is 2280. The molecule has 7 rings (SSSR count). The molecule has 5 aromatic rings. The Balaban J connectivity index is 1.68. The lowest BCUT2D eigenvalue weighted by molar-refractivity contribution is -0.130. The first-order valence-electron chi connectivity index (χ1n) is 15.7. The first-order valence-corrected chi connectivity index (χ1v) is 16.1. The minimum atomic E-state index is -0.929. The van der Waals surface area contributed by atoms with E-state index in [0.29, 0.717) is 39.0 Å². The van der Waals surface area contributed by atoms with Crippen LogP contribution in [0.1, 0.15) is 43.5 Å². The quantitative estimate of drug-likeness (QED) is 0.254. The molecule has 5 heterocycles. The lowest BCUT2D eigenvalue weighted by atomic mass is 9.93. The van der Waals surface area contributed by atoms with Crippen LogP contribution in [0.4, 0.5) is 15.9 Å². The zero-order valence-corrected chi connectivity index (χ0v) is 28.2. The van der Waals surface area contributed by atoms with Crippen LogP contribution in [-0.2, 0) is 9.59 Å². The van der Waals surface area contributed by atoms with Gasteiger partial charge in [-0.1, -0.05) is 38.1 Å². The Morgan fingerprint density at radius 1 is 1.12 bits per heavy atom.